The first kappa shape index (κ1) is 17.9. The van der Waals surface area contributed by atoms with Crippen LogP contribution in [0.3, 0.4) is 0 Å². The Hall–Kier alpha value is -2.92. The number of aromatic amines is 1. The van der Waals surface area contributed by atoms with E-state index in [1.54, 1.807) is 0 Å². The number of carbonyl (C=O) groups excluding carboxylic acids is 1. The summed E-state index contributed by atoms with van der Waals surface area (Å²) in [6, 6.07) is 19.5. The number of ether oxygens (including phenoxy) is 1. The zero-order valence-electron chi connectivity index (χ0n) is 14.9. The molecule has 2 aromatic carbocycles. The number of amides is 1. The van der Waals surface area contributed by atoms with Crippen LogP contribution in [0.15, 0.2) is 60.7 Å². The molecule has 5 heteroatoms. The molecule has 1 aromatic heterocycles. The first-order chi connectivity index (χ1) is 12.8. The van der Waals surface area contributed by atoms with Gasteiger partial charge in [0, 0.05) is 24.3 Å². The van der Waals surface area contributed by atoms with Gasteiger partial charge in [0.2, 0.25) is 0 Å². The highest BCUT2D eigenvalue weighted by atomic mass is 16.5. The van der Waals surface area contributed by atoms with Crippen molar-refractivity contribution in [1.29, 1.82) is 0 Å². The lowest BCUT2D eigenvalue weighted by molar-refractivity contribution is 0.0915. The fourth-order valence-corrected chi connectivity index (χ4v) is 2.61. The summed E-state index contributed by atoms with van der Waals surface area (Å²) in [7, 11) is 0. The molecule has 0 bridgehead atoms. The lowest BCUT2D eigenvalue weighted by atomic mass is 10.1. The fraction of sp³-hybridized carbons (Fsp3) is 0.238. The van der Waals surface area contributed by atoms with Crippen LogP contribution in [0, 0.1) is 0 Å². The molecule has 0 fully saturated rings. The zero-order chi connectivity index (χ0) is 18.2. The number of H-pyrrole nitrogens is 1. The molecule has 3 rings (SSSR count). The monoisotopic (exact) mass is 349 g/mol. The molecule has 0 aliphatic rings. The summed E-state index contributed by atoms with van der Waals surface area (Å²) in [6.45, 7) is 3.83. The third-order valence-corrected chi connectivity index (χ3v) is 3.99. The topological polar surface area (TPSA) is 67.0 Å². The Balaban J connectivity index is 1.61. The molecule has 0 aliphatic heterocycles. The molecule has 0 saturated heterocycles. The fourth-order valence-electron chi connectivity index (χ4n) is 2.61. The standard InChI is InChI=1S/C21H23N3O2/c1-2-13-26-14-12-22-21(25)18-10-8-17(9-11-18)20-15-19(23-24-20)16-6-4-3-5-7-16/h3-11,15H,2,12-14H2,1H3,(H,22,25)(H,23,24). The van der Waals surface area contributed by atoms with Gasteiger partial charge in [-0.15, -0.1) is 0 Å². The minimum atomic E-state index is -0.0915. The Morgan fingerprint density at radius 2 is 1.81 bits per heavy atom. The summed E-state index contributed by atoms with van der Waals surface area (Å²) in [5.74, 6) is -0.0915. The third kappa shape index (κ3) is 4.58. The van der Waals surface area contributed by atoms with Gasteiger partial charge in [-0.1, -0.05) is 49.4 Å². The van der Waals surface area contributed by atoms with E-state index in [-0.39, 0.29) is 5.91 Å². The average molecular weight is 349 g/mol. The molecule has 0 atom stereocenters. The van der Waals surface area contributed by atoms with Crippen molar-refractivity contribution in [3.63, 3.8) is 0 Å². The van der Waals surface area contributed by atoms with Crippen LogP contribution in [-0.2, 0) is 4.74 Å². The maximum atomic E-state index is 12.1. The highest BCUT2D eigenvalue weighted by Crippen LogP contribution is 2.23. The Bertz CT molecular complexity index is 826. The molecular weight excluding hydrogens is 326 g/mol. The average Bonchev–Trinajstić information content (AvgIpc) is 3.19. The SMILES string of the molecule is CCCOCCNC(=O)c1ccc(-c2cc(-c3ccccc3)n[nH]2)cc1. The lowest BCUT2D eigenvalue weighted by Gasteiger charge is -2.06. The molecule has 2 N–H and O–H groups in total. The van der Waals surface area contributed by atoms with Gasteiger partial charge < -0.3 is 10.1 Å². The van der Waals surface area contributed by atoms with E-state index in [4.69, 9.17) is 4.74 Å². The van der Waals surface area contributed by atoms with Crippen molar-refractivity contribution in [2.45, 2.75) is 13.3 Å². The molecular formula is C21H23N3O2. The molecule has 0 saturated carbocycles. The van der Waals surface area contributed by atoms with Crippen LogP contribution in [-0.4, -0.2) is 35.9 Å². The second kappa shape index (κ2) is 8.97. The summed E-state index contributed by atoms with van der Waals surface area (Å²) >= 11 is 0. The van der Waals surface area contributed by atoms with E-state index in [1.807, 2.05) is 60.7 Å². The summed E-state index contributed by atoms with van der Waals surface area (Å²) in [5, 5.41) is 10.3. The Morgan fingerprint density at radius 1 is 1.04 bits per heavy atom. The molecule has 3 aromatic rings. The second-order valence-electron chi connectivity index (χ2n) is 5.98. The van der Waals surface area contributed by atoms with Crippen molar-refractivity contribution >= 4 is 5.91 Å². The van der Waals surface area contributed by atoms with Gasteiger partial charge >= 0.3 is 0 Å². The van der Waals surface area contributed by atoms with E-state index in [9.17, 15) is 4.79 Å². The van der Waals surface area contributed by atoms with Crippen molar-refractivity contribution in [2.75, 3.05) is 19.8 Å². The van der Waals surface area contributed by atoms with Crippen molar-refractivity contribution in [2.24, 2.45) is 0 Å². The van der Waals surface area contributed by atoms with Gasteiger partial charge in [-0.25, -0.2) is 0 Å². The van der Waals surface area contributed by atoms with Gasteiger partial charge in [0.1, 0.15) is 0 Å². The Kier molecular flexibility index (Phi) is 6.17. The van der Waals surface area contributed by atoms with Crippen LogP contribution in [0.2, 0.25) is 0 Å². The number of carbonyl (C=O) groups is 1. The first-order valence-electron chi connectivity index (χ1n) is 8.85. The van der Waals surface area contributed by atoms with Crippen LogP contribution in [0.1, 0.15) is 23.7 Å². The van der Waals surface area contributed by atoms with Crippen LogP contribution >= 0.6 is 0 Å². The van der Waals surface area contributed by atoms with Crippen LogP contribution in [0.25, 0.3) is 22.5 Å². The molecule has 0 radical (unpaired) electrons. The second-order valence-corrected chi connectivity index (χ2v) is 5.98. The molecule has 0 aliphatic carbocycles. The van der Waals surface area contributed by atoms with Gasteiger partial charge in [-0.05, 0) is 30.2 Å². The minimum Gasteiger partial charge on any atom is -0.380 e. The smallest absolute Gasteiger partial charge is 0.251 e. The Morgan fingerprint density at radius 3 is 2.54 bits per heavy atom. The lowest BCUT2D eigenvalue weighted by Crippen LogP contribution is -2.27. The van der Waals surface area contributed by atoms with Crippen LogP contribution in [0.5, 0.6) is 0 Å². The number of hydrogen-bond acceptors (Lipinski definition) is 3. The number of benzene rings is 2. The van der Waals surface area contributed by atoms with Crippen molar-refractivity contribution < 1.29 is 9.53 Å². The minimum absolute atomic E-state index is 0.0915. The van der Waals surface area contributed by atoms with Crippen LogP contribution in [0.4, 0.5) is 0 Å². The Labute approximate surface area is 153 Å². The molecule has 1 heterocycles. The molecule has 26 heavy (non-hydrogen) atoms. The molecule has 1 amide bonds. The van der Waals surface area contributed by atoms with Gasteiger partial charge in [-0.3, -0.25) is 9.89 Å². The predicted octanol–water partition coefficient (Wildman–Crippen LogP) is 3.90. The van der Waals surface area contributed by atoms with Gasteiger partial charge in [0.15, 0.2) is 0 Å². The van der Waals surface area contributed by atoms with E-state index in [0.717, 1.165) is 35.5 Å². The third-order valence-electron chi connectivity index (χ3n) is 3.99. The number of hydrogen-bond donors (Lipinski definition) is 2. The molecule has 5 nitrogen and oxygen atoms in total. The maximum Gasteiger partial charge on any atom is 0.251 e. The quantitative estimate of drug-likeness (QED) is 0.606. The predicted molar refractivity (Wildman–Crippen MR) is 103 cm³/mol. The number of rotatable bonds is 8. The van der Waals surface area contributed by atoms with Crippen molar-refractivity contribution in [1.82, 2.24) is 15.5 Å². The maximum absolute atomic E-state index is 12.1. The number of aromatic nitrogens is 2. The first-order valence-corrected chi connectivity index (χ1v) is 8.85. The summed E-state index contributed by atoms with van der Waals surface area (Å²) in [4.78, 5) is 12.1. The van der Waals surface area contributed by atoms with E-state index in [2.05, 4.69) is 22.4 Å². The summed E-state index contributed by atoms with van der Waals surface area (Å²) in [6.07, 6.45) is 0.981. The summed E-state index contributed by atoms with van der Waals surface area (Å²) < 4.78 is 5.36. The van der Waals surface area contributed by atoms with Gasteiger partial charge in [0.25, 0.3) is 5.91 Å². The summed E-state index contributed by atoms with van der Waals surface area (Å²) in [5.41, 5.74) is 4.50. The number of nitrogens with zero attached hydrogens (tertiary/aromatic N) is 1. The highest BCUT2D eigenvalue weighted by Gasteiger charge is 2.08. The van der Waals surface area contributed by atoms with E-state index in [0.29, 0.717) is 18.7 Å². The molecule has 0 spiro atoms. The van der Waals surface area contributed by atoms with Gasteiger partial charge in [0.05, 0.1) is 18.0 Å². The van der Waals surface area contributed by atoms with E-state index >= 15 is 0 Å². The van der Waals surface area contributed by atoms with Crippen LogP contribution < -0.4 is 5.32 Å². The molecule has 134 valence electrons. The normalized spacial score (nSPS) is 10.7. The highest BCUT2D eigenvalue weighted by molar-refractivity contribution is 5.94. The zero-order valence-corrected chi connectivity index (χ0v) is 14.9. The van der Waals surface area contributed by atoms with Gasteiger partial charge in [-0.2, -0.15) is 5.10 Å². The largest absolute Gasteiger partial charge is 0.380 e. The molecule has 0 unspecified atom stereocenters. The van der Waals surface area contributed by atoms with Crippen molar-refractivity contribution in [3.05, 3.63) is 66.2 Å². The van der Waals surface area contributed by atoms with E-state index < -0.39 is 0 Å². The number of nitrogens with one attached hydrogen (secondary N) is 2. The van der Waals surface area contributed by atoms with E-state index in [1.165, 1.54) is 0 Å². The van der Waals surface area contributed by atoms with Crippen molar-refractivity contribution in [3.8, 4) is 22.5 Å².